The van der Waals surface area contributed by atoms with Crippen molar-refractivity contribution in [2.75, 3.05) is 23.3 Å². The first-order valence-corrected chi connectivity index (χ1v) is 12.9. The fourth-order valence-corrected chi connectivity index (χ4v) is 5.58. The Morgan fingerprint density at radius 2 is 1.87 bits per heavy atom. The van der Waals surface area contributed by atoms with Crippen molar-refractivity contribution in [3.05, 3.63) is 48.4 Å². The maximum Gasteiger partial charge on any atom is 0.451 e. The van der Waals surface area contributed by atoms with Gasteiger partial charge >= 0.3 is 6.18 Å². The van der Waals surface area contributed by atoms with Gasteiger partial charge in [-0.3, -0.25) is 9.78 Å². The number of halogens is 3. The van der Waals surface area contributed by atoms with Crippen molar-refractivity contribution in [1.82, 2.24) is 19.9 Å². The number of aromatic nitrogens is 4. The minimum absolute atomic E-state index is 0.158. The third-order valence-electron chi connectivity index (χ3n) is 7.43. The number of hydrogen-bond donors (Lipinski definition) is 2. The summed E-state index contributed by atoms with van der Waals surface area (Å²) in [5.41, 5.74) is 6.79. The molecule has 12 heteroatoms. The van der Waals surface area contributed by atoms with Crippen LogP contribution in [0.4, 0.5) is 24.9 Å². The van der Waals surface area contributed by atoms with Gasteiger partial charge in [-0.2, -0.15) is 13.2 Å². The van der Waals surface area contributed by atoms with Crippen LogP contribution in [0.25, 0.3) is 11.3 Å². The number of rotatable bonds is 7. The monoisotopic (exact) mass is 529 g/mol. The highest BCUT2D eigenvalue weighted by Gasteiger charge is 2.35. The Hall–Kier alpha value is -3.70. The summed E-state index contributed by atoms with van der Waals surface area (Å²) in [7, 11) is 0. The molecular weight excluding hydrogens is 499 g/mol. The molecule has 1 saturated carbocycles. The number of carbonyl (C=O) groups is 1. The number of oxazole rings is 1. The molecule has 1 saturated heterocycles. The zero-order chi connectivity index (χ0) is 26.7. The number of nitrogens with two attached hydrogens (primary N) is 1. The maximum absolute atomic E-state index is 12.8. The van der Waals surface area contributed by atoms with Crippen molar-refractivity contribution in [2.24, 2.45) is 17.6 Å². The normalized spacial score (nSPS) is 22.3. The molecule has 0 radical (unpaired) electrons. The average Bonchev–Trinajstić information content (AvgIpc) is 3.38. The van der Waals surface area contributed by atoms with E-state index in [-0.39, 0.29) is 11.7 Å². The van der Waals surface area contributed by atoms with Crippen molar-refractivity contribution in [3.8, 4) is 11.3 Å². The quantitative estimate of drug-likeness (QED) is 0.442. The highest BCUT2D eigenvalue weighted by molar-refractivity contribution is 5.91. The van der Waals surface area contributed by atoms with Gasteiger partial charge < -0.3 is 20.4 Å². The molecule has 3 aromatic rings. The second-order valence-corrected chi connectivity index (χ2v) is 10.1. The molecule has 3 aromatic heterocycles. The molecule has 5 rings (SSSR count). The highest BCUT2D eigenvalue weighted by Crippen LogP contribution is 2.36. The van der Waals surface area contributed by atoms with Gasteiger partial charge in [0.1, 0.15) is 5.69 Å². The number of nitrogens with one attached hydrogen (secondary N) is 1. The van der Waals surface area contributed by atoms with E-state index in [0.717, 1.165) is 58.0 Å². The molecule has 4 heterocycles. The summed E-state index contributed by atoms with van der Waals surface area (Å²) in [6.45, 7) is 1.55. The predicted molar refractivity (Wildman–Crippen MR) is 134 cm³/mol. The molecule has 0 aromatic carbocycles. The predicted octanol–water partition coefficient (Wildman–Crippen LogP) is 4.92. The zero-order valence-electron chi connectivity index (χ0n) is 20.8. The highest BCUT2D eigenvalue weighted by atomic mass is 19.4. The van der Waals surface area contributed by atoms with Crippen LogP contribution in [0.15, 0.2) is 41.3 Å². The molecule has 1 amide bonds. The Kier molecular flexibility index (Phi) is 7.48. The molecule has 3 N–H and O–H groups in total. The molecule has 2 aliphatic rings. The van der Waals surface area contributed by atoms with Gasteiger partial charge in [0, 0.05) is 30.9 Å². The van der Waals surface area contributed by atoms with E-state index < -0.39 is 17.9 Å². The Morgan fingerprint density at radius 1 is 1.08 bits per heavy atom. The van der Waals surface area contributed by atoms with Gasteiger partial charge in [0.25, 0.3) is 11.9 Å². The van der Waals surface area contributed by atoms with Gasteiger partial charge in [-0.05, 0) is 56.1 Å². The van der Waals surface area contributed by atoms with Crippen LogP contribution in [-0.4, -0.2) is 45.0 Å². The average molecular weight is 530 g/mol. The van der Waals surface area contributed by atoms with E-state index in [4.69, 9.17) is 10.2 Å². The lowest BCUT2D eigenvalue weighted by Gasteiger charge is -2.38. The molecule has 3 atom stereocenters. The van der Waals surface area contributed by atoms with E-state index in [2.05, 4.69) is 30.2 Å². The number of amides is 1. The summed E-state index contributed by atoms with van der Waals surface area (Å²) >= 11 is 0. The van der Waals surface area contributed by atoms with E-state index in [1.165, 1.54) is 18.6 Å². The molecule has 2 fully saturated rings. The standard InChI is InChI=1S/C26H30F3N7O2/c27-26(28,29)24-32-12-19(13-33-24)36-9-3-4-16(15-36)10-17-5-1-2-6-20(17)35-25-34-14-22(38-25)18-7-8-31-21(11-18)23(30)37/h7-8,11-14,16-17,20H,1-6,9-10,15H2,(H2,30,37)(H,34,35)/t16-,17+,20-/m1/s1. The second-order valence-electron chi connectivity index (χ2n) is 10.1. The van der Waals surface area contributed by atoms with Gasteiger partial charge in [0.15, 0.2) is 5.76 Å². The Balaban J connectivity index is 1.22. The number of piperidine rings is 1. The Bertz CT molecular complexity index is 1250. The van der Waals surface area contributed by atoms with E-state index in [1.54, 1.807) is 18.3 Å². The van der Waals surface area contributed by atoms with Crippen LogP contribution in [0.1, 0.15) is 61.3 Å². The molecule has 0 bridgehead atoms. The van der Waals surface area contributed by atoms with Crippen molar-refractivity contribution < 1.29 is 22.4 Å². The first-order valence-electron chi connectivity index (χ1n) is 12.9. The van der Waals surface area contributed by atoms with Gasteiger partial charge in [-0.1, -0.05) is 12.8 Å². The summed E-state index contributed by atoms with van der Waals surface area (Å²) in [4.78, 5) is 29.0. The minimum Gasteiger partial charge on any atom is -0.424 e. The van der Waals surface area contributed by atoms with Crippen LogP contribution in [0.5, 0.6) is 0 Å². The number of pyridine rings is 1. The van der Waals surface area contributed by atoms with Crippen LogP contribution >= 0.6 is 0 Å². The second kappa shape index (κ2) is 11.0. The van der Waals surface area contributed by atoms with Crippen LogP contribution in [0.3, 0.4) is 0 Å². The van der Waals surface area contributed by atoms with Gasteiger partial charge in [-0.15, -0.1) is 0 Å². The summed E-state index contributed by atoms with van der Waals surface area (Å²) in [6.07, 6.45) is 8.58. The molecule has 9 nitrogen and oxygen atoms in total. The van der Waals surface area contributed by atoms with Gasteiger partial charge in [-0.25, -0.2) is 15.0 Å². The third-order valence-corrected chi connectivity index (χ3v) is 7.43. The summed E-state index contributed by atoms with van der Waals surface area (Å²) in [5.74, 6) is -0.357. The molecule has 1 aliphatic carbocycles. The summed E-state index contributed by atoms with van der Waals surface area (Å²) in [6, 6.07) is 3.95. The maximum atomic E-state index is 12.8. The SMILES string of the molecule is NC(=O)c1cc(-c2cnc(N[C@@H]3CCCC[C@H]3C[C@H]3CCCN(c4cnc(C(F)(F)F)nc4)C3)o2)ccn1. The molecule has 1 aliphatic heterocycles. The fourth-order valence-electron chi connectivity index (χ4n) is 5.58. The fraction of sp³-hybridized carbons (Fsp3) is 0.500. The van der Waals surface area contributed by atoms with E-state index >= 15 is 0 Å². The third kappa shape index (κ3) is 6.05. The van der Waals surface area contributed by atoms with Crippen molar-refractivity contribution in [3.63, 3.8) is 0 Å². The van der Waals surface area contributed by atoms with Crippen molar-refractivity contribution in [1.29, 1.82) is 0 Å². The topological polar surface area (TPSA) is 123 Å². The number of nitrogens with zero attached hydrogens (tertiary/aromatic N) is 5. The Morgan fingerprint density at radius 3 is 2.63 bits per heavy atom. The first kappa shape index (κ1) is 25.9. The van der Waals surface area contributed by atoms with Crippen molar-refractivity contribution in [2.45, 2.75) is 57.2 Å². The number of carbonyl (C=O) groups excluding carboxylic acids is 1. The molecule has 0 unspecified atom stereocenters. The zero-order valence-corrected chi connectivity index (χ0v) is 20.8. The number of primary amides is 1. The summed E-state index contributed by atoms with van der Waals surface area (Å²) in [5, 5.41) is 3.49. The first-order chi connectivity index (χ1) is 18.3. The van der Waals surface area contributed by atoms with E-state index in [0.29, 0.717) is 34.9 Å². The molecular formula is C26H30F3N7O2. The number of alkyl halides is 3. The summed E-state index contributed by atoms with van der Waals surface area (Å²) < 4.78 is 44.5. The largest absolute Gasteiger partial charge is 0.451 e. The van der Waals surface area contributed by atoms with Crippen LogP contribution in [0, 0.1) is 11.8 Å². The lowest BCUT2D eigenvalue weighted by Crippen LogP contribution is -2.39. The van der Waals surface area contributed by atoms with Crippen molar-refractivity contribution >= 4 is 17.6 Å². The lowest BCUT2D eigenvalue weighted by atomic mass is 9.77. The van der Waals surface area contributed by atoms with Crippen LogP contribution in [-0.2, 0) is 6.18 Å². The van der Waals surface area contributed by atoms with Gasteiger partial charge in [0.2, 0.25) is 5.82 Å². The van der Waals surface area contributed by atoms with E-state index in [1.807, 2.05) is 0 Å². The van der Waals surface area contributed by atoms with Gasteiger partial charge in [0.05, 0.1) is 24.3 Å². The minimum atomic E-state index is -4.54. The number of hydrogen-bond acceptors (Lipinski definition) is 8. The number of anilines is 2. The smallest absolute Gasteiger partial charge is 0.424 e. The van der Waals surface area contributed by atoms with Crippen LogP contribution < -0.4 is 16.0 Å². The Labute approximate surface area is 218 Å². The molecule has 38 heavy (non-hydrogen) atoms. The van der Waals surface area contributed by atoms with E-state index in [9.17, 15) is 18.0 Å². The molecule has 202 valence electrons. The molecule has 0 spiro atoms. The lowest BCUT2D eigenvalue weighted by molar-refractivity contribution is -0.145. The van der Waals surface area contributed by atoms with Crippen LogP contribution in [0.2, 0.25) is 0 Å².